The molecule has 0 radical (unpaired) electrons. The average molecular weight is 222 g/mol. The fourth-order valence-electron chi connectivity index (χ4n) is 1.40. The first-order valence-electron chi connectivity index (χ1n) is 4.92. The van der Waals surface area contributed by atoms with Gasteiger partial charge in [0.2, 0.25) is 0 Å². The molecule has 80 valence electrons. The fraction of sp³-hybridized carbons (Fsp3) is 0.364. The highest BCUT2D eigenvalue weighted by Gasteiger charge is 2.00. The molecule has 0 fully saturated rings. The van der Waals surface area contributed by atoms with Crippen molar-refractivity contribution in [3.8, 4) is 0 Å². The summed E-state index contributed by atoms with van der Waals surface area (Å²) in [7, 11) is 0. The van der Waals surface area contributed by atoms with Gasteiger partial charge in [0, 0.05) is 28.9 Å². The lowest BCUT2D eigenvalue weighted by Gasteiger charge is -1.98. The third kappa shape index (κ3) is 2.91. The molecular formula is C11H14N2OS. The van der Waals surface area contributed by atoms with Crippen molar-refractivity contribution in [3.63, 3.8) is 0 Å². The number of hydrogen-bond donors (Lipinski definition) is 1. The zero-order valence-corrected chi connectivity index (χ0v) is 9.73. The number of rotatable bonds is 4. The maximum atomic E-state index is 4.98. The molecule has 0 aliphatic heterocycles. The van der Waals surface area contributed by atoms with Gasteiger partial charge in [-0.25, -0.2) is 0 Å². The molecule has 2 rings (SSSR count). The van der Waals surface area contributed by atoms with Gasteiger partial charge < -0.3 is 9.84 Å². The molecule has 0 spiro atoms. The molecule has 2 aromatic heterocycles. The predicted octanol–water partition coefficient (Wildman–Crippen LogP) is 2.64. The smallest absolute Gasteiger partial charge is 0.133 e. The highest BCUT2D eigenvalue weighted by Crippen LogP contribution is 2.14. The molecular weight excluding hydrogens is 208 g/mol. The quantitative estimate of drug-likeness (QED) is 0.864. The second-order valence-electron chi connectivity index (χ2n) is 3.54. The fourth-order valence-corrected chi connectivity index (χ4v) is 2.26. The number of hydrogen-bond acceptors (Lipinski definition) is 4. The van der Waals surface area contributed by atoms with Gasteiger partial charge in [-0.3, -0.25) is 0 Å². The Labute approximate surface area is 93.1 Å². The molecule has 15 heavy (non-hydrogen) atoms. The molecule has 0 saturated carbocycles. The molecule has 0 unspecified atom stereocenters. The Morgan fingerprint density at radius 1 is 1.33 bits per heavy atom. The van der Waals surface area contributed by atoms with Gasteiger partial charge >= 0.3 is 0 Å². The Morgan fingerprint density at radius 2 is 2.20 bits per heavy atom. The summed E-state index contributed by atoms with van der Waals surface area (Å²) in [6, 6.07) is 6.25. The standard InChI is InChI=1S/C11H14N2OS/c1-8-5-10(13-14-8)6-12-7-11-4-3-9(2)15-11/h3-5,12H,6-7H2,1-2H3. The zero-order chi connectivity index (χ0) is 10.7. The molecule has 2 aromatic rings. The van der Waals surface area contributed by atoms with Crippen molar-refractivity contribution in [1.82, 2.24) is 10.5 Å². The van der Waals surface area contributed by atoms with Crippen molar-refractivity contribution < 1.29 is 4.52 Å². The minimum absolute atomic E-state index is 0.758. The van der Waals surface area contributed by atoms with Crippen LogP contribution in [0.4, 0.5) is 0 Å². The van der Waals surface area contributed by atoms with Crippen molar-refractivity contribution in [2.45, 2.75) is 26.9 Å². The van der Waals surface area contributed by atoms with Gasteiger partial charge in [0.1, 0.15) is 5.76 Å². The summed E-state index contributed by atoms with van der Waals surface area (Å²) in [5, 5.41) is 7.25. The first kappa shape index (κ1) is 10.4. The van der Waals surface area contributed by atoms with Crippen molar-refractivity contribution >= 4 is 11.3 Å². The van der Waals surface area contributed by atoms with Gasteiger partial charge in [-0.1, -0.05) is 5.16 Å². The van der Waals surface area contributed by atoms with E-state index in [2.05, 4.69) is 29.5 Å². The van der Waals surface area contributed by atoms with Crippen LogP contribution in [0.1, 0.15) is 21.2 Å². The minimum atomic E-state index is 0.758. The Morgan fingerprint density at radius 3 is 2.80 bits per heavy atom. The van der Waals surface area contributed by atoms with Gasteiger partial charge in [-0.2, -0.15) is 0 Å². The van der Waals surface area contributed by atoms with Crippen LogP contribution in [0.25, 0.3) is 0 Å². The van der Waals surface area contributed by atoms with Crippen molar-refractivity contribution in [1.29, 1.82) is 0 Å². The molecule has 3 nitrogen and oxygen atoms in total. The van der Waals surface area contributed by atoms with E-state index in [0.717, 1.165) is 24.5 Å². The third-order valence-corrected chi connectivity index (χ3v) is 3.08. The summed E-state index contributed by atoms with van der Waals surface area (Å²) < 4.78 is 4.98. The van der Waals surface area contributed by atoms with Gasteiger partial charge in [-0.05, 0) is 26.0 Å². The summed E-state index contributed by atoms with van der Waals surface area (Å²) in [5.41, 5.74) is 0.959. The molecule has 0 aromatic carbocycles. The van der Waals surface area contributed by atoms with Gasteiger partial charge in [-0.15, -0.1) is 11.3 Å². The summed E-state index contributed by atoms with van der Waals surface area (Å²) in [6.45, 7) is 5.67. The number of nitrogens with zero attached hydrogens (tertiary/aromatic N) is 1. The Hall–Kier alpha value is -1.13. The lowest BCUT2D eigenvalue weighted by molar-refractivity contribution is 0.388. The van der Waals surface area contributed by atoms with Crippen LogP contribution in [-0.2, 0) is 13.1 Å². The van der Waals surface area contributed by atoms with E-state index in [-0.39, 0.29) is 0 Å². The predicted molar refractivity (Wildman–Crippen MR) is 60.8 cm³/mol. The Kier molecular flexibility index (Phi) is 3.18. The summed E-state index contributed by atoms with van der Waals surface area (Å²) in [4.78, 5) is 2.71. The Bertz CT molecular complexity index is 393. The molecule has 0 bridgehead atoms. The normalized spacial score (nSPS) is 10.8. The minimum Gasteiger partial charge on any atom is -0.361 e. The summed E-state index contributed by atoms with van der Waals surface area (Å²) >= 11 is 1.82. The van der Waals surface area contributed by atoms with E-state index in [1.807, 2.05) is 24.3 Å². The number of aryl methyl sites for hydroxylation is 2. The number of nitrogens with one attached hydrogen (secondary N) is 1. The molecule has 4 heteroatoms. The van der Waals surface area contributed by atoms with Crippen LogP contribution in [0.5, 0.6) is 0 Å². The van der Waals surface area contributed by atoms with E-state index in [1.165, 1.54) is 9.75 Å². The number of aromatic nitrogens is 1. The van der Waals surface area contributed by atoms with Crippen LogP contribution in [0.3, 0.4) is 0 Å². The van der Waals surface area contributed by atoms with Crippen LogP contribution in [0, 0.1) is 13.8 Å². The van der Waals surface area contributed by atoms with E-state index in [9.17, 15) is 0 Å². The number of thiophene rings is 1. The highest BCUT2D eigenvalue weighted by atomic mass is 32.1. The SMILES string of the molecule is Cc1cc(CNCc2ccc(C)s2)no1. The second-order valence-corrected chi connectivity index (χ2v) is 4.92. The molecule has 2 heterocycles. The maximum Gasteiger partial charge on any atom is 0.133 e. The lowest BCUT2D eigenvalue weighted by Crippen LogP contribution is -2.11. The second kappa shape index (κ2) is 4.59. The van der Waals surface area contributed by atoms with Crippen LogP contribution in [0.15, 0.2) is 22.7 Å². The van der Waals surface area contributed by atoms with Crippen molar-refractivity contribution in [2.75, 3.05) is 0 Å². The van der Waals surface area contributed by atoms with Crippen LogP contribution in [0.2, 0.25) is 0 Å². The average Bonchev–Trinajstić information content (AvgIpc) is 2.76. The van der Waals surface area contributed by atoms with E-state index < -0.39 is 0 Å². The molecule has 0 amide bonds. The third-order valence-electron chi connectivity index (χ3n) is 2.08. The van der Waals surface area contributed by atoms with E-state index in [0.29, 0.717) is 0 Å². The van der Waals surface area contributed by atoms with Gasteiger partial charge in [0.05, 0.1) is 5.69 Å². The molecule has 0 saturated heterocycles. The lowest BCUT2D eigenvalue weighted by atomic mass is 10.3. The molecule has 0 aliphatic carbocycles. The largest absolute Gasteiger partial charge is 0.361 e. The van der Waals surface area contributed by atoms with Crippen LogP contribution < -0.4 is 5.32 Å². The summed E-state index contributed by atoms with van der Waals surface area (Å²) in [5.74, 6) is 0.860. The first-order chi connectivity index (χ1) is 7.24. The highest BCUT2D eigenvalue weighted by molar-refractivity contribution is 7.11. The molecule has 1 N–H and O–H groups in total. The van der Waals surface area contributed by atoms with E-state index >= 15 is 0 Å². The zero-order valence-electron chi connectivity index (χ0n) is 8.91. The molecule has 0 atom stereocenters. The van der Waals surface area contributed by atoms with Gasteiger partial charge in [0.25, 0.3) is 0 Å². The van der Waals surface area contributed by atoms with Crippen molar-refractivity contribution in [3.05, 3.63) is 39.4 Å². The summed E-state index contributed by atoms with van der Waals surface area (Å²) in [6.07, 6.45) is 0. The maximum absolute atomic E-state index is 4.98. The monoisotopic (exact) mass is 222 g/mol. The van der Waals surface area contributed by atoms with Crippen LogP contribution >= 0.6 is 11.3 Å². The van der Waals surface area contributed by atoms with Crippen molar-refractivity contribution in [2.24, 2.45) is 0 Å². The van der Waals surface area contributed by atoms with Gasteiger partial charge in [0.15, 0.2) is 0 Å². The van der Waals surface area contributed by atoms with Crippen LogP contribution in [-0.4, -0.2) is 5.16 Å². The molecule has 0 aliphatic rings. The Balaban J connectivity index is 1.80. The first-order valence-corrected chi connectivity index (χ1v) is 5.74. The van der Waals surface area contributed by atoms with E-state index in [4.69, 9.17) is 4.52 Å². The topological polar surface area (TPSA) is 38.1 Å². The van der Waals surface area contributed by atoms with E-state index in [1.54, 1.807) is 0 Å².